The average Bonchev–Trinajstić information content (AvgIpc) is 2.27. The van der Waals surface area contributed by atoms with E-state index in [4.69, 9.17) is 23.2 Å². The Hall–Kier alpha value is -0.400. The van der Waals surface area contributed by atoms with E-state index in [0.29, 0.717) is 5.75 Å². The monoisotopic (exact) mass is 310 g/mol. The van der Waals surface area contributed by atoms with Crippen LogP contribution in [-0.4, -0.2) is 37.2 Å². The van der Waals surface area contributed by atoms with Gasteiger partial charge in [0.2, 0.25) is 5.28 Å². The molecule has 100 valence electrons. The van der Waals surface area contributed by atoms with Gasteiger partial charge in [0.1, 0.15) is 11.3 Å². The second-order valence-electron chi connectivity index (χ2n) is 3.53. The van der Waals surface area contributed by atoms with E-state index in [1.165, 1.54) is 13.1 Å². The summed E-state index contributed by atoms with van der Waals surface area (Å²) in [5.41, 5.74) is 0.210. The normalized spacial score (nSPS) is 14.3. The minimum atomic E-state index is -1.21. The third kappa shape index (κ3) is 4.70. The maximum atomic E-state index is 10.7. The van der Waals surface area contributed by atoms with E-state index in [1.54, 1.807) is 0 Å². The fourth-order valence-corrected chi connectivity index (χ4v) is 2.30. The summed E-state index contributed by atoms with van der Waals surface area (Å²) >= 11 is 12.4. The lowest BCUT2D eigenvalue weighted by molar-refractivity contribution is -0.109. The Balaban J connectivity index is 2.62. The highest BCUT2D eigenvalue weighted by atomic mass is 35.5. The molecular weight excluding hydrogens is 299 g/mol. The fourth-order valence-electron chi connectivity index (χ4n) is 1.24. The van der Waals surface area contributed by atoms with Crippen LogP contribution < -0.4 is 0 Å². The second kappa shape index (κ2) is 7.25. The Labute approximate surface area is 119 Å². The lowest BCUT2D eigenvalue weighted by atomic mass is 10.1. The van der Waals surface area contributed by atoms with Crippen LogP contribution in [0.3, 0.4) is 0 Å². The topological polar surface area (TPSA) is 83.3 Å². The molecule has 0 spiro atoms. The number of rotatable bonds is 5. The molecule has 1 rings (SSSR count). The van der Waals surface area contributed by atoms with Crippen molar-refractivity contribution in [2.45, 2.75) is 25.6 Å². The Morgan fingerprint density at radius 3 is 2.72 bits per heavy atom. The van der Waals surface area contributed by atoms with E-state index in [-0.39, 0.29) is 27.5 Å². The highest BCUT2D eigenvalue weighted by molar-refractivity contribution is 8.13. The number of aliphatic hydroxyl groups excluding tert-OH is 2. The number of hydrogen-bond acceptors (Lipinski definition) is 6. The molecule has 0 fully saturated rings. The molecule has 1 aromatic heterocycles. The summed E-state index contributed by atoms with van der Waals surface area (Å²) in [4.78, 5) is 18.1. The van der Waals surface area contributed by atoms with Gasteiger partial charge in [0.25, 0.3) is 0 Å². The predicted molar refractivity (Wildman–Crippen MR) is 70.8 cm³/mol. The first-order valence-electron chi connectivity index (χ1n) is 5.09. The summed E-state index contributed by atoms with van der Waals surface area (Å²) in [6.45, 7) is 1.44. The first-order valence-corrected chi connectivity index (χ1v) is 6.83. The molecule has 0 aromatic carbocycles. The quantitative estimate of drug-likeness (QED) is 0.638. The van der Waals surface area contributed by atoms with Crippen LogP contribution in [0.15, 0.2) is 6.20 Å². The van der Waals surface area contributed by atoms with Crippen molar-refractivity contribution in [2.75, 3.05) is 5.75 Å². The molecule has 0 saturated heterocycles. The van der Waals surface area contributed by atoms with Crippen molar-refractivity contribution in [3.8, 4) is 0 Å². The van der Waals surface area contributed by atoms with Crippen molar-refractivity contribution in [3.05, 3.63) is 22.2 Å². The zero-order valence-electron chi connectivity index (χ0n) is 9.51. The first kappa shape index (κ1) is 15.7. The van der Waals surface area contributed by atoms with Crippen LogP contribution in [0.5, 0.6) is 0 Å². The van der Waals surface area contributed by atoms with Crippen LogP contribution in [0, 0.1) is 0 Å². The third-order valence-corrected chi connectivity index (χ3v) is 3.47. The second-order valence-corrected chi connectivity index (χ2v) is 5.49. The van der Waals surface area contributed by atoms with Crippen molar-refractivity contribution in [3.63, 3.8) is 0 Å². The number of aliphatic hydroxyl groups is 2. The van der Waals surface area contributed by atoms with Gasteiger partial charge in [-0.15, -0.1) is 0 Å². The van der Waals surface area contributed by atoms with Crippen molar-refractivity contribution in [1.29, 1.82) is 0 Å². The highest BCUT2D eigenvalue weighted by Gasteiger charge is 2.22. The minimum absolute atomic E-state index is 0.000714. The van der Waals surface area contributed by atoms with E-state index in [0.717, 1.165) is 11.8 Å². The van der Waals surface area contributed by atoms with Gasteiger partial charge in [-0.1, -0.05) is 23.4 Å². The molecule has 0 amide bonds. The number of nitrogens with zero attached hydrogens (tertiary/aromatic N) is 2. The molecule has 1 aromatic rings. The summed E-state index contributed by atoms with van der Waals surface area (Å²) in [6, 6.07) is 0. The Kier molecular flexibility index (Phi) is 6.31. The molecule has 0 saturated carbocycles. The smallest absolute Gasteiger partial charge is 0.223 e. The molecule has 0 radical (unpaired) electrons. The van der Waals surface area contributed by atoms with E-state index >= 15 is 0 Å². The lowest BCUT2D eigenvalue weighted by Crippen LogP contribution is -2.20. The summed E-state index contributed by atoms with van der Waals surface area (Å²) in [6.07, 6.45) is -0.727. The van der Waals surface area contributed by atoms with Crippen molar-refractivity contribution < 1.29 is 15.0 Å². The van der Waals surface area contributed by atoms with Crippen LogP contribution in [0.25, 0.3) is 0 Å². The van der Waals surface area contributed by atoms with Gasteiger partial charge in [-0.05, 0) is 18.0 Å². The van der Waals surface area contributed by atoms with Crippen LogP contribution in [0.2, 0.25) is 10.4 Å². The van der Waals surface area contributed by atoms with Gasteiger partial charge >= 0.3 is 0 Å². The van der Waals surface area contributed by atoms with Crippen LogP contribution >= 0.6 is 35.0 Å². The zero-order chi connectivity index (χ0) is 13.7. The number of thioether (sulfide) groups is 1. The molecule has 1 heterocycles. The summed E-state index contributed by atoms with van der Waals surface area (Å²) in [5, 5.41) is 19.6. The summed E-state index contributed by atoms with van der Waals surface area (Å²) < 4.78 is 0. The molecule has 2 unspecified atom stereocenters. The van der Waals surface area contributed by atoms with Gasteiger partial charge in [0, 0.05) is 24.4 Å². The lowest BCUT2D eigenvalue weighted by Gasteiger charge is -2.18. The van der Waals surface area contributed by atoms with Gasteiger partial charge < -0.3 is 10.2 Å². The molecule has 2 N–H and O–H groups in total. The van der Waals surface area contributed by atoms with Gasteiger partial charge in [0.15, 0.2) is 5.12 Å². The van der Waals surface area contributed by atoms with Crippen LogP contribution in [0.4, 0.5) is 0 Å². The van der Waals surface area contributed by atoms with Crippen molar-refractivity contribution in [1.82, 2.24) is 9.97 Å². The molecule has 0 aliphatic rings. The molecule has 0 aliphatic carbocycles. The van der Waals surface area contributed by atoms with Crippen molar-refractivity contribution >= 4 is 40.1 Å². The zero-order valence-corrected chi connectivity index (χ0v) is 11.8. The molecule has 0 aliphatic heterocycles. The molecule has 0 bridgehead atoms. The number of carbonyl (C=O) groups excluding carboxylic acids is 1. The largest absolute Gasteiger partial charge is 0.390 e. The minimum Gasteiger partial charge on any atom is -0.390 e. The molecular formula is C10H12Cl2N2O3S. The Morgan fingerprint density at radius 1 is 1.50 bits per heavy atom. The van der Waals surface area contributed by atoms with Crippen LogP contribution in [0.1, 0.15) is 25.0 Å². The van der Waals surface area contributed by atoms with Crippen molar-refractivity contribution in [2.24, 2.45) is 0 Å². The van der Waals surface area contributed by atoms with Gasteiger partial charge in [-0.3, -0.25) is 4.79 Å². The molecule has 2 atom stereocenters. The maximum Gasteiger partial charge on any atom is 0.223 e. The summed E-state index contributed by atoms with van der Waals surface area (Å²) in [5.74, 6) is 0.416. The Morgan fingerprint density at radius 2 is 2.17 bits per heavy atom. The Bertz CT molecular complexity index is 434. The van der Waals surface area contributed by atoms with E-state index < -0.39 is 12.2 Å². The standard InChI is InChI=1S/C10H12Cl2N2O3S/c1-5(15)18-3-2-7(16)8(17)6-4-13-10(12)14-9(6)11/h4,7-8,16-17H,2-3H2,1H3. The van der Waals surface area contributed by atoms with Gasteiger partial charge in [0.05, 0.1) is 6.10 Å². The molecule has 5 nitrogen and oxygen atoms in total. The average molecular weight is 311 g/mol. The molecule has 18 heavy (non-hydrogen) atoms. The first-order chi connectivity index (χ1) is 8.41. The van der Waals surface area contributed by atoms with Gasteiger partial charge in [-0.25, -0.2) is 9.97 Å². The number of halogens is 2. The number of hydrogen-bond donors (Lipinski definition) is 2. The van der Waals surface area contributed by atoms with E-state index in [9.17, 15) is 15.0 Å². The van der Waals surface area contributed by atoms with Crippen LogP contribution in [-0.2, 0) is 4.79 Å². The fraction of sp³-hybridized carbons (Fsp3) is 0.500. The third-order valence-electron chi connectivity index (χ3n) is 2.14. The number of carbonyl (C=O) groups is 1. The van der Waals surface area contributed by atoms with Gasteiger partial charge in [-0.2, -0.15) is 0 Å². The highest BCUT2D eigenvalue weighted by Crippen LogP contribution is 2.25. The van der Waals surface area contributed by atoms with E-state index in [2.05, 4.69) is 9.97 Å². The maximum absolute atomic E-state index is 10.7. The summed E-state index contributed by atoms with van der Waals surface area (Å²) in [7, 11) is 0. The van der Waals surface area contributed by atoms with E-state index in [1.807, 2.05) is 0 Å². The SMILES string of the molecule is CC(=O)SCCC(O)C(O)c1cnc(Cl)nc1Cl. The molecule has 8 heteroatoms. The predicted octanol–water partition coefficient (Wildman–Crippen LogP) is 1.85. The number of aromatic nitrogens is 2.